The number of hydrogen-bond acceptors (Lipinski definition) is 7. The first-order chi connectivity index (χ1) is 14.7. The normalized spacial score (nSPS) is 16.5. The Morgan fingerprint density at radius 3 is 2.73 bits per heavy atom. The highest BCUT2D eigenvalue weighted by Crippen LogP contribution is 2.42. The van der Waals surface area contributed by atoms with Gasteiger partial charge in [0.1, 0.15) is 0 Å². The Labute approximate surface area is 182 Å². The molecule has 1 aliphatic heterocycles. The van der Waals surface area contributed by atoms with Crippen LogP contribution in [0.25, 0.3) is 4.96 Å². The maximum absolute atomic E-state index is 12.4. The minimum Gasteiger partial charge on any atom is -0.493 e. The zero-order chi connectivity index (χ0) is 20.7. The zero-order valence-electron chi connectivity index (χ0n) is 16.7. The van der Waals surface area contributed by atoms with Crippen LogP contribution in [0.4, 0.5) is 0 Å². The molecule has 3 aromatic heterocycles. The minimum absolute atomic E-state index is 0.0345. The lowest BCUT2D eigenvalue weighted by molar-refractivity contribution is 0.203. The van der Waals surface area contributed by atoms with Gasteiger partial charge in [-0.2, -0.15) is 0 Å². The van der Waals surface area contributed by atoms with Crippen molar-refractivity contribution in [1.29, 1.82) is 0 Å². The van der Waals surface area contributed by atoms with Crippen molar-refractivity contribution in [1.82, 2.24) is 14.3 Å². The number of aromatic nitrogens is 2. The molecule has 30 heavy (non-hydrogen) atoms. The third-order valence-electron chi connectivity index (χ3n) is 5.51. The van der Waals surface area contributed by atoms with E-state index >= 15 is 0 Å². The number of thiophene rings is 1. The fourth-order valence-electron chi connectivity index (χ4n) is 4.13. The van der Waals surface area contributed by atoms with E-state index in [4.69, 9.17) is 14.5 Å². The molecule has 0 fully saturated rings. The summed E-state index contributed by atoms with van der Waals surface area (Å²) in [6.45, 7) is 1.48. The van der Waals surface area contributed by atoms with Crippen molar-refractivity contribution in [3.8, 4) is 11.5 Å². The van der Waals surface area contributed by atoms with Crippen LogP contribution in [-0.4, -0.2) is 35.0 Å². The van der Waals surface area contributed by atoms with Crippen molar-refractivity contribution in [2.45, 2.75) is 19.0 Å². The molecule has 0 saturated heterocycles. The largest absolute Gasteiger partial charge is 0.493 e. The molecule has 8 heteroatoms. The molecule has 0 radical (unpaired) electrons. The predicted octanol–water partition coefficient (Wildman–Crippen LogP) is 3.98. The molecule has 0 bridgehead atoms. The first-order valence-electron chi connectivity index (χ1n) is 9.66. The Balaban J connectivity index is 1.57. The molecule has 6 nitrogen and oxygen atoms in total. The Kier molecular flexibility index (Phi) is 5.06. The average Bonchev–Trinajstić information content (AvgIpc) is 3.45. The molecule has 0 aliphatic carbocycles. The Morgan fingerprint density at radius 1 is 1.13 bits per heavy atom. The number of fused-ring (bicyclic) bond motifs is 2. The average molecular weight is 440 g/mol. The van der Waals surface area contributed by atoms with Crippen molar-refractivity contribution in [2.75, 3.05) is 20.8 Å². The zero-order valence-corrected chi connectivity index (χ0v) is 18.3. The summed E-state index contributed by atoms with van der Waals surface area (Å²) in [5.74, 6) is 1.49. The van der Waals surface area contributed by atoms with Gasteiger partial charge in [-0.15, -0.1) is 22.7 Å². The summed E-state index contributed by atoms with van der Waals surface area (Å²) < 4.78 is 12.7. The lowest BCUT2D eigenvalue weighted by Gasteiger charge is -2.37. The molecule has 4 heterocycles. The topological polar surface area (TPSA) is 56.1 Å². The second kappa shape index (κ2) is 7.86. The molecule has 1 aromatic carbocycles. The van der Waals surface area contributed by atoms with Crippen LogP contribution >= 0.6 is 22.7 Å². The highest BCUT2D eigenvalue weighted by molar-refractivity contribution is 7.15. The van der Waals surface area contributed by atoms with Gasteiger partial charge in [-0.3, -0.25) is 14.1 Å². The molecule has 0 amide bonds. The number of methoxy groups -OCH3 is 2. The first-order valence-corrected chi connectivity index (χ1v) is 11.4. The second-order valence-electron chi connectivity index (χ2n) is 7.19. The molecule has 0 spiro atoms. The third kappa shape index (κ3) is 3.30. The molecule has 0 N–H and O–H groups in total. The van der Waals surface area contributed by atoms with Crippen molar-refractivity contribution in [3.05, 3.63) is 79.3 Å². The molecule has 0 unspecified atom stereocenters. The summed E-state index contributed by atoms with van der Waals surface area (Å²) in [5, 5.41) is 3.99. The van der Waals surface area contributed by atoms with Crippen LogP contribution in [-0.2, 0) is 13.0 Å². The number of nitrogens with zero attached hydrogens (tertiary/aromatic N) is 3. The number of hydrogen-bond donors (Lipinski definition) is 0. The molecule has 5 rings (SSSR count). The number of ether oxygens (including phenoxy) is 2. The van der Waals surface area contributed by atoms with Crippen LogP contribution in [0.5, 0.6) is 11.5 Å². The van der Waals surface area contributed by atoms with Gasteiger partial charge in [-0.25, -0.2) is 4.98 Å². The molecule has 4 aromatic rings. The summed E-state index contributed by atoms with van der Waals surface area (Å²) in [6.07, 6.45) is 2.67. The van der Waals surface area contributed by atoms with E-state index in [1.165, 1.54) is 27.3 Å². The van der Waals surface area contributed by atoms with Crippen LogP contribution in [0.2, 0.25) is 0 Å². The van der Waals surface area contributed by atoms with Gasteiger partial charge in [-0.05, 0) is 41.1 Å². The fourth-order valence-corrected chi connectivity index (χ4v) is 5.74. The van der Waals surface area contributed by atoms with E-state index in [2.05, 4.69) is 34.5 Å². The van der Waals surface area contributed by atoms with Gasteiger partial charge in [-0.1, -0.05) is 6.07 Å². The molecule has 0 saturated carbocycles. The lowest BCUT2D eigenvalue weighted by Crippen LogP contribution is -2.36. The second-order valence-corrected chi connectivity index (χ2v) is 9.04. The van der Waals surface area contributed by atoms with E-state index in [1.54, 1.807) is 42.2 Å². The third-order valence-corrected chi connectivity index (χ3v) is 7.19. The van der Waals surface area contributed by atoms with Gasteiger partial charge in [0.05, 0.1) is 26.0 Å². The number of rotatable bonds is 5. The SMILES string of the molecule is COc1cc2c(cc1OC)[C@H](c1cccs1)N(Cc1cc(=O)n3ccsc3n1)CC2. The summed E-state index contributed by atoms with van der Waals surface area (Å²) in [4.78, 5) is 21.6. The quantitative estimate of drug-likeness (QED) is 0.471. The Bertz CT molecular complexity index is 1250. The van der Waals surface area contributed by atoms with Crippen LogP contribution in [0.15, 0.2) is 52.1 Å². The maximum atomic E-state index is 12.4. The van der Waals surface area contributed by atoms with Crippen molar-refractivity contribution >= 4 is 27.6 Å². The Morgan fingerprint density at radius 2 is 1.97 bits per heavy atom. The number of thiazole rings is 1. The molecular formula is C22H21N3O3S2. The maximum Gasteiger partial charge on any atom is 0.258 e. The van der Waals surface area contributed by atoms with Gasteiger partial charge in [0, 0.05) is 35.6 Å². The Hall–Kier alpha value is -2.68. The number of benzene rings is 1. The van der Waals surface area contributed by atoms with Gasteiger partial charge in [0.25, 0.3) is 5.56 Å². The van der Waals surface area contributed by atoms with Gasteiger partial charge in [0.15, 0.2) is 16.5 Å². The van der Waals surface area contributed by atoms with Crippen molar-refractivity contribution in [3.63, 3.8) is 0 Å². The minimum atomic E-state index is -0.0345. The summed E-state index contributed by atoms with van der Waals surface area (Å²) in [7, 11) is 3.33. The molecular weight excluding hydrogens is 418 g/mol. The first kappa shape index (κ1) is 19.3. The van der Waals surface area contributed by atoms with E-state index in [-0.39, 0.29) is 11.6 Å². The summed E-state index contributed by atoms with van der Waals surface area (Å²) in [5.41, 5.74) is 3.25. The van der Waals surface area contributed by atoms with E-state index in [1.807, 2.05) is 5.38 Å². The van der Waals surface area contributed by atoms with Crippen LogP contribution in [0.3, 0.4) is 0 Å². The van der Waals surface area contributed by atoms with Gasteiger partial charge < -0.3 is 9.47 Å². The lowest BCUT2D eigenvalue weighted by atomic mass is 9.90. The van der Waals surface area contributed by atoms with Crippen LogP contribution in [0.1, 0.15) is 27.7 Å². The highest BCUT2D eigenvalue weighted by atomic mass is 32.1. The predicted molar refractivity (Wildman–Crippen MR) is 119 cm³/mol. The highest BCUT2D eigenvalue weighted by Gasteiger charge is 2.31. The summed E-state index contributed by atoms with van der Waals surface area (Å²) in [6, 6.07) is 10.2. The monoisotopic (exact) mass is 439 g/mol. The van der Waals surface area contributed by atoms with Crippen LogP contribution in [0, 0.1) is 0 Å². The molecule has 1 aliphatic rings. The smallest absolute Gasteiger partial charge is 0.258 e. The van der Waals surface area contributed by atoms with E-state index < -0.39 is 0 Å². The van der Waals surface area contributed by atoms with Crippen molar-refractivity contribution < 1.29 is 9.47 Å². The van der Waals surface area contributed by atoms with E-state index in [0.29, 0.717) is 6.54 Å². The molecule has 154 valence electrons. The molecule has 1 atom stereocenters. The van der Waals surface area contributed by atoms with Gasteiger partial charge in [0.2, 0.25) is 0 Å². The fraction of sp³-hybridized carbons (Fsp3) is 0.273. The standard InChI is InChI=1S/C22H21N3O3S2/c1-27-17-10-14-5-6-24(13-15-11-20(26)25-7-9-30-22(25)23-15)21(19-4-3-8-29-19)16(14)12-18(17)28-2/h3-4,7-12,21H,5-6,13H2,1-2H3/t21-/m1/s1. The summed E-state index contributed by atoms with van der Waals surface area (Å²) >= 11 is 3.22. The van der Waals surface area contributed by atoms with E-state index in [0.717, 1.165) is 35.1 Å². The van der Waals surface area contributed by atoms with E-state index in [9.17, 15) is 4.79 Å². The van der Waals surface area contributed by atoms with Crippen LogP contribution < -0.4 is 15.0 Å². The van der Waals surface area contributed by atoms with Crippen molar-refractivity contribution in [2.24, 2.45) is 0 Å². The van der Waals surface area contributed by atoms with Gasteiger partial charge >= 0.3 is 0 Å².